The highest BCUT2D eigenvalue weighted by molar-refractivity contribution is 6.32. The lowest BCUT2D eigenvalue weighted by Crippen LogP contribution is -1.99. The lowest BCUT2D eigenvalue weighted by molar-refractivity contribution is 0.284. The Labute approximate surface area is 178 Å². The van der Waals surface area contributed by atoms with Gasteiger partial charge in [-0.3, -0.25) is 0 Å². The topological polar surface area (TPSA) is 42.2 Å². The number of methoxy groups -OCH3 is 1. The minimum atomic E-state index is -0.471. The summed E-state index contributed by atoms with van der Waals surface area (Å²) in [6.45, 7) is 0.279. The number of benzene rings is 3. The number of halogens is 3. The van der Waals surface area contributed by atoms with Crippen LogP contribution in [0.4, 0.5) is 4.39 Å². The average molecular weight is 428 g/mol. The van der Waals surface area contributed by atoms with E-state index in [9.17, 15) is 9.65 Å². The summed E-state index contributed by atoms with van der Waals surface area (Å²) in [5, 5.41) is 10.4. The zero-order valence-electron chi connectivity index (χ0n) is 15.5. The molecular formula is C23H16Cl2FNO2. The van der Waals surface area contributed by atoms with E-state index in [1.54, 1.807) is 48.5 Å². The van der Waals surface area contributed by atoms with Gasteiger partial charge in [0.1, 0.15) is 12.4 Å². The molecule has 0 amide bonds. The fourth-order valence-electron chi connectivity index (χ4n) is 2.72. The van der Waals surface area contributed by atoms with Crippen molar-refractivity contribution in [3.63, 3.8) is 0 Å². The Morgan fingerprint density at radius 1 is 1.10 bits per heavy atom. The zero-order valence-corrected chi connectivity index (χ0v) is 17.0. The van der Waals surface area contributed by atoms with Crippen LogP contribution in [0.3, 0.4) is 0 Å². The van der Waals surface area contributed by atoms with Crippen molar-refractivity contribution in [3.05, 3.63) is 93.2 Å². The first-order chi connectivity index (χ1) is 14.0. The van der Waals surface area contributed by atoms with Crippen LogP contribution < -0.4 is 9.47 Å². The molecule has 146 valence electrons. The fraction of sp³-hybridized carbons (Fsp3) is 0.0870. The summed E-state index contributed by atoms with van der Waals surface area (Å²) >= 11 is 12.3. The van der Waals surface area contributed by atoms with Crippen LogP contribution in [0.5, 0.6) is 11.5 Å². The highest BCUT2D eigenvalue weighted by atomic mass is 35.5. The summed E-state index contributed by atoms with van der Waals surface area (Å²) in [5.41, 5.74) is 1.90. The van der Waals surface area contributed by atoms with Gasteiger partial charge in [-0.1, -0.05) is 53.5 Å². The van der Waals surface area contributed by atoms with Crippen LogP contribution in [-0.2, 0) is 6.61 Å². The number of hydrogen-bond donors (Lipinski definition) is 0. The van der Waals surface area contributed by atoms with Gasteiger partial charge in [0, 0.05) is 10.6 Å². The van der Waals surface area contributed by atoms with Crippen molar-refractivity contribution in [1.29, 1.82) is 5.26 Å². The molecule has 0 aliphatic rings. The Morgan fingerprint density at radius 3 is 2.48 bits per heavy atom. The van der Waals surface area contributed by atoms with E-state index in [2.05, 4.69) is 0 Å². The van der Waals surface area contributed by atoms with Crippen molar-refractivity contribution in [2.24, 2.45) is 0 Å². The van der Waals surface area contributed by atoms with E-state index in [-0.39, 0.29) is 17.7 Å². The van der Waals surface area contributed by atoms with Crippen molar-refractivity contribution < 1.29 is 13.9 Å². The molecule has 0 aliphatic carbocycles. The minimum Gasteiger partial charge on any atom is -0.493 e. The SMILES string of the molecule is COc1cc(C=C(C#N)c2ccccc2F)cc(Cl)c1OCc1ccc(Cl)cc1. The third kappa shape index (κ3) is 5.08. The smallest absolute Gasteiger partial charge is 0.180 e. The van der Waals surface area contributed by atoms with Gasteiger partial charge >= 0.3 is 0 Å². The molecule has 0 heterocycles. The maximum atomic E-state index is 14.0. The Balaban J connectivity index is 1.90. The van der Waals surface area contributed by atoms with Crippen molar-refractivity contribution in [2.45, 2.75) is 6.61 Å². The molecule has 29 heavy (non-hydrogen) atoms. The fourth-order valence-corrected chi connectivity index (χ4v) is 3.12. The molecule has 0 unspecified atom stereocenters. The van der Waals surface area contributed by atoms with Gasteiger partial charge in [-0.05, 0) is 47.5 Å². The molecule has 0 radical (unpaired) electrons. The van der Waals surface area contributed by atoms with Gasteiger partial charge in [-0.2, -0.15) is 5.26 Å². The first kappa shape index (κ1) is 20.7. The van der Waals surface area contributed by atoms with E-state index in [1.807, 2.05) is 18.2 Å². The summed E-state index contributed by atoms with van der Waals surface area (Å²) < 4.78 is 25.3. The molecule has 3 aromatic rings. The van der Waals surface area contributed by atoms with E-state index in [1.165, 1.54) is 13.2 Å². The largest absolute Gasteiger partial charge is 0.493 e. The molecule has 0 atom stereocenters. The third-order valence-corrected chi connectivity index (χ3v) is 4.68. The Hall–Kier alpha value is -3.00. The van der Waals surface area contributed by atoms with Crippen molar-refractivity contribution in [1.82, 2.24) is 0 Å². The van der Waals surface area contributed by atoms with Gasteiger partial charge in [-0.15, -0.1) is 0 Å². The zero-order chi connectivity index (χ0) is 20.8. The first-order valence-corrected chi connectivity index (χ1v) is 9.39. The summed E-state index contributed by atoms with van der Waals surface area (Å²) in [6.07, 6.45) is 1.55. The van der Waals surface area contributed by atoms with E-state index >= 15 is 0 Å². The van der Waals surface area contributed by atoms with E-state index in [4.69, 9.17) is 32.7 Å². The number of ether oxygens (including phenoxy) is 2. The van der Waals surface area contributed by atoms with Gasteiger partial charge in [0.05, 0.1) is 23.8 Å². The molecule has 0 spiro atoms. The Morgan fingerprint density at radius 2 is 1.83 bits per heavy atom. The van der Waals surface area contributed by atoms with Gasteiger partial charge in [-0.25, -0.2) is 4.39 Å². The lowest BCUT2D eigenvalue weighted by Gasteiger charge is -2.14. The van der Waals surface area contributed by atoms with Gasteiger partial charge in [0.25, 0.3) is 0 Å². The molecule has 3 rings (SSSR count). The second-order valence-electron chi connectivity index (χ2n) is 6.10. The van der Waals surface area contributed by atoms with Gasteiger partial charge < -0.3 is 9.47 Å². The molecule has 0 fully saturated rings. The normalized spacial score (nSPS) is 11.1. The quantitative estimate of drug-likeness (QED) is 0.321. The molecule has 0 saturated heterocycles. The summed E-state index contributed by atoms with van der Waals surface area (Å²) in [4.78, 5) is 0. The molecule has 3 aromatic carbocycles. The number of nitriles is 1. The molecule has 3 nitrogen and oxygen atoms in total. The summed E-state index contributed by atoms with van der Waals surface area (Å²) in [7, 11) is 1.50. The number of rotatable bonds is 6. The maximum absolute atomic E-state index is 14.0. The number of nitrogens with zero attached hydrogens (tertiary/aromatic N) is 1. The summed E-state index contributed by atoms with van der Waals surface area (Å²) in [6, 6.07) is 18.7. The van der Waals surface area contributed by atoms with Crippen LogP contribution in [0, 0.1) is 17.1 Å². The van der Waals surface area contributed by atoms with Crippen LogP contribution in [-0.4, -0.2) is 7.11 Å². The average Bonchev–Trinajstić information content (AvgIpc) is 2.72. The number of allylic oxidation sites excluding steroid dienone is 1. The molecule has 0 saturated carbocycles. The standard InChI is InChI=1S/C23H16Cl2FNO2/c1-28-22-12-16(10-17(13-27)19-4-2-3-5-21(19)26)11-20(25)23(22)29-14-15-6-8-18(24)9-7-15/h2-12H,14H2,1H3. The second kappa shape index (κ2) is 9.47. The van der Waals surface area contributed by atoms with Crippen molar-refractivity contribution in [2.75, 3.05) is 7.11 Å². The van der Waals surface area contributed by atoms with Crippen LogP contribution in [0.1, 0.15) is 16.7 Å². The highest BCUT2D eigenvalue weighted by Crippen LogP contribution is 2.38. The molecule has 0 N–H and O–H groups in total. The second-order valence-corrected chi connectivity index (χ2v) is 6.94. The number of hydrogen-bond acceptors (Lipinski definition) is 3. The minimum absolute atomic E-state index is 0.177. The van der Waals surface area contributed by atoms with Crippen LogP contribution in [0.2, 0.25) is 10.0 Å². The van der Waals surface area contributed by atoms with E-state index in [0.717, 1.165) is 5.56 Å². The molecule has 6 heteroatoms. The van der Waals surface area contributed by atoms with Crippen LogP contribution >= 0.6 is 23.2 Å². The summed E-state index contributed by atoms with van der Waals surface area (Å²) in [5.74, 6) is 0.315. The van der Waals surface area contributed by atoms with Gasteiger partial charge in [0.15, 0.2) is 11.5 Å². The monoisotopic (exact) mass is 427 g/mol. The first-order valence-electron chi connectivity index (χ1n) is 8.63. The van der Waals surface area contributed by atoms with E-state index in [0.29, 0.717) is 27.1 Å². The third-order valence-electron chi connectivity index (χ3n) is 4.14. The van der Waals surface area contributed by atoms with Crippen molar-refractivity contribution >= 4 is 34.9 Å². The van der Waals surface area contributed by atoms with Crippen LogP contribution in [0.15, 0.2) is 60.7 Å². The van der Waals surface area contributed by atoms with E-state index < -0.39 is 5.82 Å². The highest BCUT2D eigenvalue weighted by Gasteiger charge is 2.13. The Kier molecular flexibility index (Phi) is 6.77. The van der Waals surface area contributed by atoms with Crippen LogP contribution in [0.25, 0.3) is 11.6 Å². The molecule has 0 aromatic heterocycles. The maximum Gasteiger partial charge on any atom is 0.180 e. The van der Waals surface area contributed by atoms with Crippen molar-refractivity contribution in [3.8, 4) is 17.6 Å². The lowest BCUT2D eigenvalue weighted by atomic mass is 10.0. The Bertz CT molecular complexity index is 1090. The molecule has 0 bridgehead atoms. The van der Waals surface area contributed by atoms with Gasteiger partial charge in [0.2, 0.25) is 0 Å². The predicted octanol–water partition coefficient (Wildman–Crippen LogP) is 6.78. The molecular weight excluding hydrogens is 412 g/mol. The predicted molar refractivity (Wildman–Crippen MR) is 114 cm³/mol. The molecule has 0 aliphatic heterocycles.